The van der Waals surface area contributed by atoms with Crippen LogP contribution in [-0.2, 0) is 9.53 Å². The van der Waals surface area contributed by atoms with Crippen LogP contribution < -0.4 is 5.32 Å². The largest absolute Gasteiger partial charge is 0.377 e. The van der Waals surface area contributed by atoms with Crippen LogP contribution >= 0.6 is 27.5 Å². The molecule has 1 aliphatic rings. The Hall–Kier alpha value is -1.11. The molecular formula is C13H14BrClN2O3. The molecule has 0 spiro atoms. The van der Waals surface area contributed by atoms with E-state index in [2.05, 4.69) is 21.2 Å². The summed E-state index contributed by atoms with van der Waals surface area (Å²) in [6.45, 7) is 0.995. The molecule has 0 aromatic heterocycles. The smallest absolute Gasteiger partial charge is 0.254 e. The average molecular weight is 362 g/mol. The lowest BCUT2D eigenvalue weighted by atomic mass is 10.1. The maximum atomic E-state index is 12.5. The van der Waals surface area contributed by atoms with E-state index in [1.54, 1.807) is 18.2 Å². The van der Waals surface area contributed by atoms with Crippen molar-refractivity contribution in [3.05, 3.63) is 33.3 Å². The molecule has 0 saturated carbocycles. The van der Waals surface area contributed by atoms with E-state index < -0.39 is 6.04 Å². The summed E-state index contributed by atoms with van der Waals surface area (Å²) >= 11 is 9.26. The summed E-state index contributed by atoms with van der Waals surface area (Å²) < 4.78 is 6.00. The van der Waals surface area contributed by atoms with Crippen LogP contribution in [0.15, 0.2) is 22.7 Å². The summed E-state index contributed by atoms with van der Waals surface area (Å²) in [6, 6.07) is 4.36. The molecule has 1 fully saturated rings. The summed E-state index contributed by atoms with van der Waals surface area (Å²) in [7, 11) is 1.54. The number of ether oxygens (including phenoxy) is 1. The van der Waals surface area contributed by atoms with Crippen molar-refractivity contribution in [1.82, 2.24) is 10.2 Å². The zero-order chi connectivity index (χ0) is 14.7. The molecule has 1 N–H and O–H groups in total. The first-order valence-corrected chi connectivity index (χ1v) is 7.26. The Labute approximate surface area is 130 Å². The van der Waals surface area contributed by atoms with Crippen molar-refractivity contribution < 1.29 is 14.3 Å². The quantitative estimate of drug-likeness (QED) is 0.872. The molecule has 1 aromatic rings. The third-order valence-electron chi connectivity index (χ3n) is 3.05. The van der Waals surface area contributed by atoms with Gasteiger partial charge in [-0.15, -0.1) is 0 Å². The van der Waals surface area contributed by atoms with Gasteiger partial charge in [0.1, 0.15) is 6.04 Å². The van der Waals surface area contributed by atoms with Crippen LogP contribution in [0.25, 0.3) is 0 Å². The molecule has 1 aromatic carbocycles. The van der Waals surface area contributed by atoms with Gasteiger partial charge in [0.2, 0.25) is 5.91 Å². The van der Waals surface area contributed by atoms with Crippen LogP contribution in [0.1, 0.15) is 10.4 Å². The van der Waals surface area contributed by atoms with Crippen LogP contribution in [0.2, 0.25) is 5.02 Å². The zero-order valence-electron chi connectivity index (χ0n) is 10.9. The van der Waals surface area contributed by atoms with Crippen molar-refractivity contribution in [3.63, 3.8) is 0 Å². The molecule has 5 nitrogen and oxygen atoms in total. The van der Waals surface area contributed by atoms with Crippen LogP contribution in [0, 0.1) is 0 Å². The fraction of sp³-hybridized carbons (Fsp3) is 0.385. The second-order valence-electron chi connectivity index (χ2n) is 4.36. The highest BCUT2D eigenvalue weighted by molar-refractivity contribution is 9.10. The SMILES string of the molecule is CNC(=O)C1COCCN1C(=O)c1cc(Cl)cc(Br)c1. The molecule has 1 aliphatic heterocycles. The van der Waals surface area contributed by atoms with E-state index in [0.29, 0.717) is 23.7 Å². The number of carbonyl (C=O) groups excluding carboxylic acids is 2. The lowest BCUT2D eigenvalue weighted by Crippen LogP contribution is -2.55. The number of carbonyl (C=O) groups is 2. The van der Waals surface area contributed by atoms with Gasteiger partial charge in [-0.25, -0.2) is 0 Å². The van der Waals surface area contributed by atoms with Gasteiger partial charge in [-0.2, -0.15) is 0 Å². The van der Waals surface area contributed by atoms with Gasteiger partial charge in [-0.3, -0.25) is 9.59 Å². The van der Waals surface area contributed by atoms with E-state index in [1.807, 2.05) is 0 Å². The first-order valence-electron chi connectivity index (χ1n) is 6.09. The van der Waals surface area contributed by atoms with E-state index in [1.165, 1.54) is 11.9 Å². The molecule has 0 bridgehead atoms. The predicted octanol–water partition coefficient (Wildman–Crippen LogP) is 1.69. The summed E-state index contributed by atoms with van der Waals surface area (Å²) in [6.07, 6.45) is 0. The Balaban J connectivity index is 2.27. The zero-order valence-corrected chi connectivity index (χ0v) is 13.2. The lowest BCUT2D eigenvalue weighted by Gasteiger charge is -2.34. The number of nitrogens with zero attached hydrogens (tertiary/aromatic N) is 1. The monoisotopic (exact) mass is 360 g/mol. The van der Waals surface area contributed by atoms with Gasteiger partial charge in [0.25, 0.3) is 5.91 Å². The minimum absolute atomic E-state index is 0.202. The topological polar surface area (TPSA) is 58.6 Å². The van der Waals surface area contributed by atoms with Crippen LogP contribution in [-0.4, -0.2) is 49.6 Å². The third kappa shape index (κ3) is 3.31. The Bertz CT molecular complexity index is 518. The van der Waals surface area contributed by atoms with E-state index in [-0.39, 0.29) is 18.4 Å². The van der Waals surface area contributed by atoms with Crippen molar-refractivity contribution in [2.24, 2.45) is 0 Å². The van der Waals surface area contributed by atoms with Crippen LogP contribution in [0.4, 0.5) is 0 Å². The molecule has 20 heavy (non-hydrogen) atoms. The number of halogens is 2. The molecule has 1 atom stereocenters. The standard InChI is InChI=1S/C13H14BrClN2O3/c1-16-12(18)11-7-20-3-2-17(11)13(19)8-4-9(14)6-10(15)5-8/h4-6,11H,2-3,7H2,1H3,(H,16,18). The number of rotatable bonds is 2. The molecule has 108 valence electrons. The number of morpholine rings is 1. The maximum Gasteiger partial charge on any atom is 0.254 e. The first-order chi connectivity index (χ1) is 9.52. The summed E-state index contributed by atoms with van der Waals surface area (Å²) in [5.74, 6) is -0.468. The third-order valence-corrected chi connectivity index (χ3v) is 3.72. The number of amides is 2. The molecule has 2 amide bonds. The second kappa shape index (κ2) is 6.56. The number of nitrogens with one attached hydrogen (secondary N) is 1. The number of likely N-dealkylation sites (N-methyl/N-ethyl adjacent to an activating group) is 1. The van der Waals surface area contributed by atoms with Crippen molar-refractivity contribution in [3.8, 4) is 0 Å². The highest BCUT2D eigenvalue weighted by atomic mass is 79.9. The molecule has 2 rings (SSSR count). The molecular weight excluding hydrogens is 348 g/mol. The van der Waals surface area contributed by atoms with Gasteiger partial charge in [0.15, 0.2) is 0 Å². The molecule has 1 unspecified atom stereocenters. The fourth-order valence-corrected chi connectivity index (χ4v) is 2.93. The molecule has 1 heterocycles. The minimum Gasteiger partial charge on any atom is -0.377 e. The highest BCUT2D eigenvalue weighted by Crippen LogP contribution is 2.22. The first kappa shape index (κ1) is 15.3. The second-order valence-corrected chi connectivity index (χ2v) is 5.71. The van der Waals surface area contributed by atoms with E-state index in [4.69, 9.17) is 16.3 Å². The molecule has 7 heteroatoms. The molecule has 0 radical (unpaired) electrons. The Morgan fingerprint density at radius 1 is 1.45 bits per heavy atom. The van der Waals surface area contributed by atoms with Crippen molar-refractivity contribution >= 4 is 39.3 Å². The lowest BCUT2D eigenvalue weighted by molar-refractivity contribution is -0.130. The number of hydrogen-bond acceptors (Lipinski definition) is 3. The Kier molecular flexibility index (Phi) is 5.01. The van der Waals surface area contributed by atoms with Gasteiger partial charge in [0, 0.05) is 28.7 Å². The van der Waals surface area contributed by atoms with Gasteiger partial charge >= 0.3 is 0 Å². The minimum atomic E-state index is -0.612. The van der Waals surface area contributed by atoms with Gasteiger partial charge < -0.3 is 15.0 Å². The van der Waals surface area contributed by atoms with E-state index in [9.17, 15) is 9.59 Å². The summed E-state index contributed by atoms with van der Waals surface area (Å²) in [4.78, 5) is 25.9. The molecule has 0 aliphatic carbocycles. The normalized spacial score (nSPS) is 18.8. The van der Waals surface area contributed by atoms with Crippen LogP contribution in [0.3, 0.4) is 0 Å². The van der Waals surface area contributed by atoms with Crippen molar-refractivity contribution in [1.29, 1.82) is 0 Å². The Morgan fingerprint density at radius 2 is 2.20 bits per heavy atom. The van der Waals surface area contributed by atoms with E-state index in [0.717, 1.165) is 4.47 Å². The predicted molar refractivity (Wildman–Crippen MR) is 78.9 cm³/mol. The molecule has 1 saturated heterocycles. The van der Waals surface area contributed by atoms with Gasteiger partial charge in [-0.1, -0.05) is 27.5 Å². The number of hydrogen-bond donors (Lipinski definition) is 1. The van der Waals surface area contributed by atoms with Crippen molar-refractivity contribution in [2.75, 3.05) is 26.8 Å². The van der Waals surface area contributed by atoms with Crippen molar-refractivity contribution in [2.45, 2.75) is 6.04 Å². The summed E-state index contributed by atoms with van der Waals surface area (Å²) in [5, 5.41) is 3.01. The highest BCUT2D eigenvalue weighted by Gasteiger charge is 2.32. The van der Waals surface area contributed by atoms with Gasteiger partial charge in [-0.05, 0) is 18.2 Å². The van der Waals surface area contributed by atoms with Crippen LogP contribution in [0.5, 0.6) is 0 Å². The Morgan fingerprint density at radius 3 is 2.85 bits per heavy atom. The maximum absolute atomic E-state index is 12.5. The number of benzene rings is 1. The average Bonchev–Trinajstić information content (AvgIpc) is 2.44. The summed E-state index contributed by atoms with van der Waals surface area (Å²) in [5.41, 5.74) is 0.445. The van der Waals surface area contributed by atoms with E-state index >= 15 is 0 Å². The fourth-order valence-electron chi connectivity index (χ4n) is 2.07. The van der Waals surface area contributed by atoms with Gasteiger partial charge in [0.05, 0.1) is 13.2 Å².